The molecule has 0 fully saturated rings. The van der Waals surface area contributed by atoms with Crippen LogP contribution < -0.4 is 14.8 Å². The van der Waals surface area contributed by atoms with Crippen LogP contribution in [0, 0.1) is 0 Å². The molecule has 0 saturated heterocycles. The second kappa shape index (κ2) is 14.7. The number of nitrogens with one attached hydrogen (secondary N) is 1. The molecule has 5 aromatic carbocycles. The number of hydrogen-bond donors (Lipinski definition) is 2. The van der Waals surface area contributed by atoms with Gasteiger partial charge in [0.25, 0.3) is 5.91 Å². The van der Waals surface area contributed by atoms with E-state index in [2.05, 4.69) is 5.32 Å². The Balaban J connectivity index is 1.71. The predicted octanol–water partition coefficient (Wildman–Crippen LogP) is 8.07. The van der Waals surface area contributed by atoms with Crippen molar-refractivity contribution in [2.75, 3.05) is 20.3 Å². The Bertz CT molecular complexity index is 1840. The maximum atomic E-state index is 14.5. The van der Waals surface area contributed by atoms with Gasteiger partial charge in [-0.3, -0.25) is 4.79 Å². The third kappa shape index (κ3) is 8.18. The molecule has 0 spiro atoms. The van der Waals surface area contributed by atoms with Crippen LogP contribution in [0.1, 0.15) is 32.6 Å². The summed E-state index contributed by atoms with van der Waals surface area (Å²) in [7, 11) is 1.52. The predicted molar refractivity (Wildman–Crippen MR) is 174 cm³/mol. The summed E-state index contributed by atoms with van der Waals surface area (Å²) < 4.78 is 54.7. The number of rotatable bonds is 12. The van der Waals surface area contributed by atoms with E-state index in [1.807, 2.05) is 66.7 Å². The highest BCUT2D eigenvalue weighted by Gasteiger charge is 2.37. The monoisotopic (exact) mass is 639 g/mol. The van der Waals surface area contributed by atoms with Crippen LogP contribution in [-0.4, -0.2) is 37.2 Å². The summed E-state index contributed by atoms with van der Waals surface area (Å²) in [5.74, 6) is -1.57. The fourth-order valence-corrected chi connectivity index (χ4v) is 5.41. The van der Waals surface area contributed by atoms with Crippen molar-refractivity contribution in [3.05, 3.63) is 143 Å². The second-order valence-electron chi connectivity index (χ2n) is 10.8. The summed E-state index contributed by atoms with van der Waals surface area (Å²) in [6.45, 7) is -0.659. The van der Waals surface area contributed by atoms with Crippen LogP contribution in [0.25, 0.3) is 22.3 Å². The number of carboxylic acid groups (broad SMARTS) is 1. The highest BCUT2D eigenvalue weighted by atomic mass is 19.4. The van der Waals surface area contributed by atoms with Gasteiger partial charge >= 0.3 is 12.1 Å². The van der Waals surface area contributed by atoms with Crippen molar-refractivity contribution < 1.29 is 37.3 Å². The number of benzene rings is 5. The van der Waals surface area contributed by atoms with Gasteiger partial charge in [0.1, 0.15) is 11.5 Å². The van der Waals surface area contributed by atoms with Crippen LogP contribution in [0.2, 0.25) is 0 Å². The van der Waals surface area contributed by atoms with E-state index in [-0.39, 0.29) is 23.4 Å². The first-order chi connectivity index (χ1) is 22.6. The van der Waals surface area contributed by atoms with Crippen LogP contribution in [0.4, 0.5) is 13.2 Å². The minimum Gasteiger partial charge on any atom is -0.497 e. The van der Waals surface area contributed by atoms with Crippen LogP contribution in [0.5, 0.6) is 11.5 Å². The summed E-state index contributed by atoms with van der Waals surface area (Å²) in [6.07, 6.45) is -4.03. The fourth-order valence-electron chi connectivity index (χ4n) is 5.41. The molecule has 0 unspecified atom stereocenters. The van der Waals surface area contributed by atoms with Crippen molar-refractivity contribution in [3.63, 3.8) is 0 Å². The quantitative estimate of drug-likeness (QED) is 0.144. The molecule has 0 saturated carbocycles. The molecule has 9 heteroatoms. The molecule has 240 valence electrons. The lowest BCUT2D eigenvalue weighted by Gasteiger charge is -2.22. The number of hydrogen-bond acceptors (Lipinski definition) is 4. The molecule has 5 rings (SSSR count). The van der Waals surface area contributed by atoms with Gasteiger partial charge in [0.2, 0.25) is 0 Å². The van der Waals surface area contributed by atoms with Crippen molar-refractivity contribution in [2.45, 2.75) is 19.0 Å². The maximum absolute atomic E-state index is 14.5. The molecule has 0 aliphatic heterocycles. The van der Waals surface area contributed by atoms with Crippen LogP contribution in [0.15, 0.2) is 115 Å². The number of alkyl halides is 3. The van der Waals surface area contributed by atoms with E-state index < -0.39 is 35.8 Å². The number of halogens is 3. The van der Waals surface area contributed by atoms with Gasteiger partial charge in [-0.15, -0.1) is 0 Å². The number of aliphatic carboxylic acids is 1. The summed E-state index contributed by atoms with van der Waals surface area (Å²) in [4.78, 5) is 25.4. The van der Waals surface area contributed by atoms with E-state index in [1.165, 1.54) is 19.2 Å². The van der Waals surface area contributed by atoms with Crippen LogP contribution in [0.3, 0.4) is 0 Å². The van der Waals surface area contributed by atoms with Gasteiger partial charge in [-0.05, 0) is 71.0 Å². The van der Waals surface area contributed by atoms with Crippen molar-refractivity contribution in [1.29, 1.82) is 0 Å². The number of methoxy groups -OCH3 is 1. The van der Waals surface area contributed by atoms with Crippen molar-refractivity contribution in [2.24, 2.45) is 0 Å². The highest BCUT2D eigenvalue weighted by Crippen LogP contribution is 2.45. The molecule has 6 nitrogen and oxygen atoms in total. The first-order valence-corrected chi connectivity index (χ1v) is 14.9. The highest BCUT2D eigenvalue weighted by molar-refractivity contribution is 6.04. The normalized spacial score (nSPS) is 11.1. The Hall–Kier alpha value is -5.57. The zero-order valence-electron chi connectivity index (χ0n) is 25.5. The smallest absolute Gasteiger partial charge is 0.417 e. The van der Waals surface area contributed by atoms with Crippen molar-refractivity contribution >= 4 is 11.9 Å². The van der Waals surface area contributed by atoms with E-state index in [0.717, 1.165) is 17.2 Å². The number of carbonyl (C=O) groups excluding carboxylic acids is 1. The molecule has 0 aliphatic carbocycles. The molecular formula is C38H32F3NO5. The standard InChI is InChI=1S/C38H32F3NO5/c1-46-29-17-15-28(16-18-29)31-22-27(21-26-11-6-3-7-12-26)23-32(36(31)47-24-34(43)44)30-13-8-14-33(38(39,40)41)35(30)37(45)42-20-19-25-9-4-2-5-10-25/h2-18,22-23H,19-21,24H2,1H3,(H,42,45)(H,43,44). The van der Waals surface area contributed by atoms with Gasteiger partial charge in [0, 0.05) is 17.7 Å². The van der Waals surface area contributed by atoms with E-state index in [9.17, 15) is 27.9 Å². The number of ether oxygens (including phenoxy) is 2. The van der Waals surface area contributed by atoms with Crippen molar-refractivity contribution in [3.8, 4) is 33.8 Å². The summed E-state index contributed by atoms with van der Waals surface area (Å²) in [5.41, 5.74) is 2.06. The second-order valence-corrected chi connectivity index (χ2v) is 10.8. The first-order valence-electron chi connectivity index (χ1n) is 14.9. The average molecular weight is 640 g/mol. The van der Waals surface area contributed by atoms with E-state index in [4.69, 9.17) is 9.47 Å². The molecule has 2 N–H and O–H groups in total. The molecule has 0 aliphatic rings. The molecule has 0 radical (unpaired) electrons. The Kier molecular flexibility index (Phi) is 10.3. The third-order valence-corrected chi connectivity index (χ3v) is 7.57. The van der Waals surface area contributed by atoms with Gasteiger partial charge in [-0.25, -0.2) is 4.79 Å². The van der Waals surface area contributed by atoms with Gasteiger partial charge in [0.15, 0.2) is 6.61 Å². The molecule has 0 aromatic heterocycles. The minimum atomic E-state index is -4.86. The lowest BCUT2D eigenvalue weighted by Crippen LogP contribution is -2.29. The topological polar surface area (TPSA) is 84.9 Å². The zero-order valence-corrected chi connectivity index (χ0v) is 25.5. The Labute approximate surface area is 270 Å². The van der Waals surface area contributed by atoms with E-state index in [1.54, 1.807) is 30.3 Å². The maximum Gasteiger partial charge on any atom is 0.417 e. The lowest BCUT2D eigenvalue weighted by molar-refractivity contribution is -0.139. The van der Waals surface area contributed by atoms with E-state index in [0.29, 0.717) is 35.3 Å². The Morgan fingerprint density at radius 3 is 2.00 bits per heavy atom. The number of carbonyl (C=O) groups is 2. The largest absolute Gasteiger partial charge is 0.497 e. The SMILES string of the molecule is COc1ccc(-c2cc(Cc3ccccc3)cc(-c3cccc(C(F)(F)F)c3C(=O)NCCc3ccccc3)c2OCC(=O)O)cc1. The third-order valence-electron chi connectivity index (χ3n) is 7.57. The van der Waals surface area contributed by atoms with Crippen LogP contribution in [-0.2, 0) is 23.8 Å². The zero-order chi connectivity index (χ0) is 33.4. The van der Waals surface area contributed by atoms with E-state index >= 15 is 0 Å². The van der Waals surface area contributed by atoms with Gasteiger partial charge in [0.05, 0.1) is 18.2 Å². The average Bonchev–Trinajstić information content (AvgIpc) is 3.07. The molecule has 0 atom stereocenters. The summed E-state index contributed by atoms with van der Waals surface area (Å²) in [5, 5.41) is 12.2. The van der Waals surface area contributed by atoms with Gasteiger partial charge < -0.3 is 19.9 Å². The minimum absolute atomic E-state index is 0.0343. The molecule has 0 bridgehead atoms. The first kappa shape index (κ1) is 32.8. The number of carboxylic acids is 1. The Morgan fingerprint density at radius 2 is 1.38 bits per heavy atom. The lowest BCUT2D eigenvalue weighted by atomic mass is 9.88. The summed E-state index contributed by atoms with van der Waals surface area (Å²) >= 11 is 0. The molecule has 47 heavy (non-hydrogen) atoms. The molecule has 5 aromatic rings. The molecular weight excluding hydrogens is 607 g/mol. The summed E-state index contributed by atoms with van der Waals surface area (Å²) in [6, 6.07) is 32.7. The molecule has 0 heterocycles. The van der Waals surface area contributed by atoms with Gasteiger partial charge in [-0.1, -0.05) is 84.9 Å². The number of amides is 1. The molecule has 1 amide bonds. The van der Waals surface area contributed by atoms with Crippen LogP contribution >= 0.6 is 0 Å². The van der Waals surface area contributed by atoms with Crippen molar-refractivity contribution in [1.82, 2.24) is 5.32 Å². The van der Waals surface area contributed by atoms with Gasteiger partial charge in [-0.2, -0.15) is 13.2 Å². The fraction of sp³-hybridized carbons (Fsp3) is 0.158. The Morgan fingerprint density at radius 1 is 0.745 bits per heavy atom.